The normalized spacial score (nSPS) is 13.8. The first-order chi connectivity index (χ1) is 19.5. The smallest absolute Gasteiger partial charge is 0.348 e. The van der Waals surface area contributed by atoms with Crippen LogP contribution < -0.4 is 16.4 Å². The van der Waals surface area contributed by atoms with Crippen molar-refractivity contribution in [2.24, 2.45) is 5.73 Å². The quantitative estimate of drug-likeness (QED) is 0.0374. The Morgan fingerprint density at radius 2 is 1.62 bits per heavy atom. The van der Waals surface area contributed by atoms with E-state index < -0.39 is 90.4 Å². The van der Waals surface area contributed by atoms with Crippen molar-refractivity contribution in [3.8, 4) is 11.5 Å². The van der Waals surface area contributed by atoms with Gasteiger partial charge in [-0.1, -0.05) is 0 Å². The Bertz CT molecular complexity index is 1250. The lowest BCUT2D eigenvalue weighted by Crippen LogP contribution is -2.49. The summed E-state index contributed by atoms with van der Waals surface area (Å²) in [6, 6.07) is -0.611. The molecule has 2 amide bonds. The summed E-state index contributed by atoms with van der Waals surface area (Å²) in [5.74, 6) is -11.5. The van der Waals surface area contributed by atoms with Crippen LogP contribution >= 0.6 is 11.8 Å². The van der Waals surface area contributed by atoms with E-state index >= 15 is 0 Å². The van der Waals surface area contributed by atoms with E-state index in [4.69, 9.17) is 26.2 Å². The second kappa shape index (κ2) is 16.4. The number of rotatable bonds is 17. The van der Waals surface area contributed by atoms with E-state index in [0.29, 0.717) is 17.8 Å². The van der Waals surface area contributed by atoms with E-state index in [0.717, 1.165) is 12.1 Å². The highest BCUT2D eigenvalue weighted by molar-refractivity contribution is 7.99. The number of aromatic hydroxyl groups is 2. The molecule has 0 aliphatic heterocycles. The van der Waals surface area contributed by atoms with Crippen LogP contribution in [0.15, 0.2) is 23.1 Å². The molecular formula is C23H27N3O15S. The van der Waals surface area contributed by atoms with Crippen molar-refractivity contribution >= 4 is 59.5 Å². The minimum Gasteiger partial charge on any atom is -0.504 e. The first-order valence-electron chi connectivity index (χ1n) is 11.5. The van der Waals surface area contributed by atoms with Gasteiger partial charge in [0, 0.05) is 18.2 Å². The number of hydrogen-bond acceptors (Lipinski definition) is 13. The van der Waals surface area contributed by atoms with Crippen LogP contribution in [0, 0.1) is 0 Å². The van der Waals surface area contributed by atoms with E-state index in [9.17, 15) is 48.9 Å². The maximum absolute atomic E-state index is 12.5. The second-order valence-electron chi connectivity index (χ2n) is 8.22. The molecule has 0 heterocycles. The lowest BCUT2D eigenvalue weighted by molar-refractivity contribution is -0.176. The van der Waals surface area contributed by atoms with Gasteiger partial charge in [-0.15, -0.1) is 11.8 Å². The van der Waals surface area contributed by atoms with Crippen LogP contribution in [0.4, 0.5) is 0 Å². The average molecular weight is 618 g/mol. The van der Waals surface area contributed by atoms with Crippen molar-refractivity contribution in [3.05, 3.63) is 23.8 Å². The zero-order valence-corrected chi connectivity index (χ0v) is 22.1. The first-order valence-corrected chi connectivity index (χ1v) is 12.5. The number of nitrogens with two attached hydrogens (primary N) is 1. The number of phenolic OH excluding ortho intramolecular Hbond substituents is 2. The van der Waals surface area contributed by atoms with Crippen molar-refractivity contribution in [2.45, 2.75) is 42.0 Å². The molecule has 1 rings (SSSR count). The predicted octanol–water partition coefficient (Wildman–Crippen LogP) is -2.48. The molecule has 19 heteroatoms. The van der Waals surface area contributed by atoms with E-state index in [1.165, 1.54) is 6.07 Å². The molecule has 230 valence electrons. The molecule has 0 saturated heterocycles. The number of carboxylic acids is 4. The molecule has 42 heavy (non-hydrogen) atoms. The van der Waals surface area contributed by atoms with Gasteiger partial charge in [0.2, 0.25) is 17.9 Å². The van der Waals surface area contributed by atoms with E-state index in [-0.39, 0.29) is 22.6 Å². The van der Waals surface area contributed by atoms with Crippen LogP contribution in [-0.2, 0) is 38.3 Å². The van der Waals surface area contributed by atoms with Gasteiger partial charge in [-0.3, -0.25) is 19.2 Å². The molecule has 2 unspecified atom stereocenters. The Kier molecular flexibility index (Phi) is 13.7. The third-order valence-electron chi connectivity index (χ3n) is 4.99. The topological polar surface area (TPSA) is 320 Å². The largest absolute Gasteiger partial charge is 0.504 e. The number of phenols is 2. The number of aliphatic hydroxyl groups excluding tert-OH is 1. The number of benzene rings is 1. The fourth-order valence-corrected chi connectivity index (χ4v) is 3.89. The number of nitrogens with one attached hydrogen (secondary N) is 2. The zero-order valence-electron chi connectivity index (χ0n) is 21.3. The first kappa shape index (κ1) is 35.1. The van der Waals surface area contributed by atoms with Crippen LogP contribution in [0.5, 0.6) is 11.5 Å². The Labute approximate surface area is 239 Å². The number of amides is 2. The van der Waals surface area contributed by atoms with Gasteiger partial charge in [-0.05, 0) is 30.2 Å². The van der Waals surface area contributed by atoms with Crippen LogP contribution in [0.25, 0.3) is 6.08 Å². The van der Waals surface area contributed by atoms with Crippen molar-refractivity contribution in [2.75, 3.05) is 12.3 Å². The van der Waals surface area contributed by atoms with Gasteiger partial charge in [0.1, 0.15) is 18.6 Å². The summed E-state index contributed by atoms with van der Waals surface area (Å²) >= 11 is 0.695. The summed E-state index contributed by atoms with van der Waals surface area (Å²) in [5, 5.41) is 69.3. The molecule has 0 saturated carbocycles. The van der Waals surface area contributed by atoms with E-state index in [1.807, 2.05) is 0 Å². The van der Waals surface area contributed by atoms with Gasteiger partial charge in [-0.25, -0.2) is 14.4 Å². The molecule has 18 nitrogen and oxygen atoms in total. The average Bonchev–Trinajstić information content (AvgIpc) is 2.91. The summed E-state index contributed by atoms with van der Waals surface area (Å²) < 4.78 is 4.43. The molecule has 0 aliphatic carbocycles. The highest BCUT2D eigenvalue weighted by Crippen LogP contribution is 2.37. The standard InChI is InChI=1S/C23H27N3O15S/c24-10(21(35)36)2-3-14(28)26-11(20(34)25-7-15(29)30)8-42-13-6-9(5-12(27)17(13)32)1-4-16(31)41-19(23(39)40)18(33)22(37)38/h1,4-6,10-11,18-19,27,32-33H,2-3,7-8,24H2,(H,25,34)(H,26,28)(H,29,30)(H,35,36)(H,37,38)(H,39,40)/b4-1+/t10-,11-,18?,19?/m0/s1. The summed E-state index contributed by atoms with van der Waals surface area (Å²) in [6.07, 6.45) is -4.05. The molecule has 0 aromatic heterocycles. The number of ether oxygens (including phenoxy) is 1. The molecule has 0 spiro atoms. The highest BCUT2D eigenvalue weighted by atomic mass is 32.2. The lowest BCUT2D eigenvalue weighted by Gasteiger charge is -2.19. The number of esters is 1. The number of aliphatic hydroxyl groups is 1. The number of hydrogen-bond donors (Lipinski definition) is 10. The van der Waals surface area contributed by atoms with Crippen molar-refractivity contribution in [1.82, 2.24) is 10.6 Å². The summed E-state index contributed by atoms with van der Waals surface area (Å²) in [4.78, 5) is 80.1. The predicted molar refractivity (Wildman–Crippen MR) is 138 cm³/mol. The number of carbonyl (C=O) groups is 7. The van der Waals surface area contributed by atoms with Gasteiger partial charge >= 0.3 is 29.8 Å². The summed E-state index contributed by atoms with van der Waals surface area (Å²) in [5.41, 5.74) is 5.35. The number of carbonyl (C=O) groups excluding carboxylic acids is 3. The Morgan fingerprint density at radius 3 is 2.17 bits per heavy atom. The van der Waals surface area contributed by atoms with Crippen molar-refractivity contribution < 1.29 is 74.0 Å². The fraction of sp³-hybridized carbons (Fsp3) is 0.348. The number of thioether (sulfide) groups is 1. The van der Waals surface area contributed by atoms with Gasteiger partial charge in [0.05, 0.1) is 4.90 Å². The summed E-state index contributed by atoms with van der Waals surface area (Å²) in [7, 11) is 0. The SMILES string of the molecule is N[C@@H](CCC(=O)N[C@@H](CSc1cc(/C=C/C(=O)OC(C(=O)O)C(O)C(=O)O)cc(O)c1O)C(=O)NCC(=O)O)C(=O)O. The molecule has 4 atom stereocenters. The molecule has 0 bridgehead atoms. The lowest BCUT2D eigenvalue weighted by atomic mass is 10.1. The second-order valence-corrected chi connectivity index (χ2v) is 9.29. The maximum atomic E-state index is 12.5. The van der Waals surface area contributed by atoms with Crippen LogP contribution in [0.2, 0.25) is 0 Å². The van der Waals surface area contributed by atoms with Crippen LogP contribution in [0.1, 0.15) is 18.4 Å². The summed E-state index contributed by atoms with van der Waals surface area (Å²) in [6.45, 7) is -0.797. The third-order valence-corrected chi connectivity index (χ3v) is 6.11. The third kappa shape index (κ3) is 11.7. The molecule has 0 radical (unpaired) electrons. The number of carboxylic acid groups (broad SMARTS) is 4. The van der Waals surface area contributed by atoms with E-state index in [1.54, 1.807) is 0 Å². The minimum absolute atomic E-state index is 0.00832. The molecule has 0 fully saturated rings. The molecular weight excluding hydrogens is 590 g/mol. The minimum atomic E-state index is -2.56. The molecule has 1 aromatic rings. The maximum Gasteiger partial charge on any atom is 0.348 e. The van der Waals surface area contributed by atoms with Gasteiger partial charge in [-0.2, -0.15) is 0 Å². The Balaban J connectivity index is 3.07. The molecule has 11 N–H and O–H groups in total. The van der Waals surface area contributed by atoms with Gasteiger partial charge in [0.25, 0.3) is 0 Å². The zero-order chi connectivity index (χ0) is 32.1. The van der Waals surface area contributed by atoms with Crippen molar-refractivity contribution in [3.63, 3.8) is 0 Å². The van der Waals surface area contributed by atoms with Crippen molar-refractivity contribution in [1.29, 1.82) is 0 Å². The Hall–Kier alpha value is -4.88. The fourth-order valence-electron chi connectivity index (χ4n) is 2.85. The van der Waals surface area contributed by atoms with Gasteiger partial charge < -0.3 is 56.8 Å². The molecule has 1 aromatic carbocycles. The van der Waals surface area contributed by atoms with Crippen LogP contribution in [-0.4, -0.2) is 114 Å². The van der Waals surface area contributed by atoms with E-state index in [2.05, 4.69) is 15.4 Å². The number of aliphatic carboxylic acids is 4. The molecule has 0 aliphatic rings. The highest BCUT2D eigenvalue weighted by Gasteiger charge is 2.35. The monoisotopic (exact) mass is 617 g/mol. The van der Waals surface area contributed by atoms with Crippen LogP contribution in [0.3, 0.4) is 0 Å². The van der Waals surface area contributed by atoms with Gasteiger partial charge in [0.15, 0.2) is 17.6 Å². The Morgan fingerprint density at radius 1 is 0.976 bits per heavy atom.